The number of aromatic nitrogens is 2. The summed E-state index contributed by atoms with van der Waals surface area (Å²) >= 11 is 0. The number of hydrogen-bond donors (Lipinski definition) is 4. The highest BCUT2D eigenvalue weighted by molar-refractivity contribution is 6.38. The number of Topliss-reactive ketones (excluding diaryl/α,β-unsaturated/α-hetero) is 1. The number of amides is 5. The Morgan fingerprint density at radius 3 is 2.23 bits per heavy atom. The van der Waals surface area contributed by atoms with E-state index in [0.717, 1.165) is 12.8 Å². The van der Waals surface area contributed by atoms with Gasteiger partial charge in [-0.25, -0.2) is 13.8 Å². The fraction of sp³-hybridized carbons (Fsp3) is 0.697. The number of hydrogen-bond acceptors (Lipinski definition) is 8. The number of carbonyl (C=O) groups is 6. The Morgan fingerprint density at radius 1 is 0.979 bits per heavy atom. The van der Waals surface area contributed by atoms with Crippen LogP contribution in [0.3, 0.4) is 0 Å². The zero-order valence-corrected chi connectivity index (χ0v) is 28.7. The first kappa shape index (κ1) is 38.4. The van der Waals surface area contributed by atoms with Gasteiger partial charge in [0.1, 0.15) is 29.9 Å². The van der Waals surface area contributed by atoms with Gasteiger partial charge in [-0.1, -0.05) is 48.0 Å². The van der Waals surface area contributed by atoms with Gasteiger partial charge in [0.15, 0.2) is 0 Å². The van der Waals surface area contributed by atoms with Crippen LogP contribution < -0.4 is 21.3 Å². The maximum absolute atomic E-state index is 14.3. The number of nitrogens with zero attached hydrogens (tertiary/aromatic N) is 3. The molecule has 1 saturated heterocycles. The molecule has 1 unspecified atom stereocenters. The summed E-state index contributed by atoms with van der Waals surface area (Å²) < 4.78 is 27.1. The lowest BCUT2D eigenvalue weighted by Crippen LogP contribution is -2.62. The predicted octanol–water partition coefficient (Wildman–Crippen LogP) is 2.01. The normalized spacial score (nSPS) is 21.6. The van der Waals surface area contributed by atoms with Crippen molar-refractivity contribution in [2.75, 3.05) is 6.54 Å². The number of nitrogens with one attached hydrogen (secondary N) is 4. The summed E-state index contributed by atoms with van der Waals surface area (Å²) in [7, 11) is 0. The molecule has 2 aliphatic rings. The van der Waals surface area contributed by atoms with Crippen molar-refractivity contribution >= 4 is 35.3 Å². The summed E-state index contributed by atoms with van der Waals surface area (Å²) in [5, 5.41) is 10.3. The smallest absolute Gasteiger partial charge is 0.289 e. The molecule has 1 aliphatic heterocycles. The molecule has 7 atom stereocenters. The predicted molar refractivity (Wildman–Crippen MR) is 171 cm³/mol. The molecule has 48 heavy (non-hydrogen) atoms. The minimum atomic E-state index is -2.99. The lowest BCUT2D eigenvalue weighted by molar-refractivity contribution is -0.146. The highest BCUT2D eigenvalue weighted by atomic mass is 19.3. The molecule has 3 rings (SSSR count). The van der Waals surface area contributed by atoms with Crippen LogP contribution in [-0.2, 0) is 24.0 Å². The molecule has 1 aromatic heterocycles. The van der Waals surface area contributed by atoms with Crippen molar-refractivity contribution in [3.8, 4) is 0 Å². The van der Waals surface area contributed by atoms with Crippen molar-refractivity contribution in [1.82, 2.24) is 36.1 Å². The molecule has 13 nitrogen and oxygen atoms in total. The summed E-state index contributed by atoms with van der Waals surface area (Å²) in [6.45, 7) is 12.3. The van der Waals surface area contributed by atoms with Gasteiger partial charge in [0.05, 0.1) is 6.20 Å². The average Bonchev–Trinajstić information content (AvgIpc) is 3.62. The van der Waals surface area contributed by atoms with Gasteiger partial charge in [0, 0.05) is 31.4 Å². The van der Waals surface area contributed by atoms with Crippen LogP contribution in [-0.4, -0.2) is 93.4 Å². The van der Waals surface area contributed by atoms with Crippen LogP contribution in [0.4, 0.5) is 8.78 Å². The molecule has 0 spiro atoms. The molecule has 2 fully saturated rings. The first-order chi connectivity index (χ1) is 22.5. The van der Waals surface area contributed by atoms with Crippen LogP contribution in [0.2, 0.25) is 0 Å². The largest absolute Gasteiger partial charge is 0.347 e. The third kappa shape index (κ3) is 9.53. The fourth-order valence-corrected chi connectivity index (χ4v) is 6.30. The second-order valence-electron chi connectivity index (χ2n) is 14.2. The second kappa shape index (κ2) is 16.4. The van der Waals surface area contributed by atoms with Crippen LogP contribution in [0.5, 0.6) is 0 Å². The van der Waals surface area contributed by atoms with E-state index in [1.807, 2.05) is 0 Å². The summed E-state index contributed by atoms with van der Waals surface area (Å²) in [4.78, 5) is 89.4. The average molecular weight is 678 g/mol. The molecule has 15 heteroatoms. The first-order valence-corrected chi connectivity index (χ1v) is 16.6. The SMILES string of the molecule is CC[C@H](C)NC(=O)C(=O)C(CC(F)F)NC(=O)[C@@H]1[C@H]2CCC[C@H]2CN1C(=O)[C@@H](NC(=O)[C@H](NC(=O)c1cnccn1)C(C)C)C(C)(C)C. The third-order valence-corrected chi connectivity index (χ3v) is 9.13. The van der Waals surface area contributed by atoms with Gasteiger partial charge in [0.2, 0.25) is 29.9 Å². The van der Waals surface area contributed by atoms with E-state index in [1.54, 1.807) is 48.5 Å². The molecular formula is C33H49F2N7O6. The first-order valence-electron chi connectivity index (χ1n) is 16.6. The van der Waals surface area contributed by atoms with Crippen LogP contribution in [0.15, 0.2) is 18.6 Å². The van der Waals surface area contributed by atoms with E-state index >= 15 is 0 Å². The zero-order valence-electron chi connectivity index (χ0n) is 28.7. The minimum absolute atomic E-state index is 0.0119. The fourth-order valence-electron chi connectivity index (χ4n) is 6.30. The molecule has 0 bridgehead atoms. The van der Waals surface area contributed by atoms with E-state index in [1.165, 1.54) is 23.5 Å². The van der Waals surface area contributed by atoms with Gasteiger partial charge < -0.3 is 26.2 Å². The summed E-state index contributed by atoms with van der Waals surface area (Å²) in [6, 6.07) is -5.46. The van der Waals surface area contributed by atoms with Gasteiger partial charge >= 0.3 is 0 Å². The Kier molecular flexibility index (Phi) is 13.1. The lowest BCUT2D eigenvalue weighted by Gasteiger charge is -2.37. The van der Waals surface area contributed by atoms with Crippen molar-refractivity contribution in [3.05, 3.63) is 24.3 Å². The number of likely N-dealkylation sites (tertiary alicyclic amines) is 1. The van der Waals surface area contributed by atoms with E-state index < -0.39 is 77.7 Å². The summed E-state index contributed by atoms with van der Waals surface area (Å²) in [6.07, 6.45) is 2.62. The Balaban J connectivity index is 1.86. The Hall–Kier alpha value is -4.04. The number of carbonyl (C=O) groups excluding carboxylic acids is 6. The molecular weight excluding hydrogens is 628 g/mol. The van der Waals surface area contributed by atoms with Gasteiger partial charge in [-0.3, -0.25) is 33.8 Å². The topological polar surface area (TPSA) is 180 Å². The van der Waals surface area contributed by atoms with Crippen molar-refractivity contribution < 1.29 is 37.5 Å². The molecule has 2 heterocycles. The van der Waals surface area contributed by atoms with E-state index in [-0.39, 0.29) is 36.0 Å². The molecule has 5 amide bonds. The lowest BCUT2D eigenvalue weighted by atomic mass is 9.85. The van der Waals surface area contributed by atoms with Gasteiger partial charge in [-0.2, -0.15) is 0 Å². The monoisotopic (exact) mass is 677 g/mol. The zero-order chi connectivity index (χ0) is 35.9. The van der Waals surface area contributed by atoms with Crippen LogP contribution in [0.25, 0.3) is 0 Å². The number of rotatable bonds is 14. The molecule has 1 aromatic rings. The van der Waals surface area contributed by atoms with E-state index in [2.05, 4.69) is 31.2 Å². The van der Waals surface area contributed by atoms with Crippen LogP contribution in [0, 0.1) is 23.2 Å². The number of alkyl halides is 2. The molecule has 0 aromatic carbocycles. The van der Waals surface area contributed by atoms with Gasteiger partial charge in [-0.15, -0.1) is 0 Å². The quantitative estimate of drug-likeness (QED) is 0.216. The van der Waals surface area contributed by atoms with Gasteiger partial charge in [0.25, 0.3) is 11.8 Å². The highest BCUT2D eigenvalue weighted by Crippen LogP contribution is 2.43. The van der Waals surface area contributed by atoms with Crippen molar-refractivity contribution in [2.45, 2.75) is 117 Å². The Bertz CT molecular complexity index is 1340. The second-order valence-corrected chi connectivity index (χ2v) is 14.2. The number of ketones is 1. The van der Waals surface area contributed by atoms with E-state index in [4.69, 9.17) is 0 Å². The van der Waals surface area contributed by atoms with Crippen molar-refractivity contribution in [3.63, 3.8) is 0 Å². The van der Waals surface area contributed by atoms with Crippen molar-refractivity contribution in [1.29, 1.82) is 0 Å². The highest BCUT2D eigenvalue weighted by Gasteiger charge is 2.52. The summed E-state index contributed by atoms with van der Waals surface area (Å²) in [5.74, 6) is -5.59. The minimum Gasteiger partial charge on any atom is -0.347 e. The van der Waals surface area contributed by atoms with E-state index in [0.29, 0.717) is 12.8 Å². The van der Waals surface area contributed by atoms with Crippen LogP contribution in [0.1, 0.15) is 91.1 Å². The molecule has 1 aliphatic carbocycles. The van der Waals surface area contributed by atoms with Crippen LogP contribution >= 0.6 is 0 Å². The Morgan fingerprint density at radius 2 is 1.67 bits per heavy atom. The number of fused-ring (bicyclic) bond motifs is 1. The molecule has 266 valence electrons. The van der Waals surface area contributed by atoms with Gasteiger partial charge in [-0.05, 0) is 49.4 Å². The molecule has 0 radical (unpaired) electrons. The third-order valence-electron chi connectivity index (χ3n) is 9.13. The Labute approximate surface area is 280 Å². The maximum Gasteiger partial charge on any atom is 0.289 e. The standard InChI is InChI=1S/C33H49F2N7O6/c1-8-18(4)38-31(47)26(43)21(14-23(34)35)39-30(46)25-20-11-9-10-19(20)16-42(25)32(48)27(33(5,6)7)41-29(45)24(17(2)3)40-28(44)22-15-36-12-13-37-22/h12-13,15,17-21,23-25,27H,8-11,14,16H2,1-7H3,(H,38,47)(H,39,46)(H,40,44)(H,41,45)/t18-,19-,20-,21?,24+,25-,27+/m0/s1. The molecule has 4 N–H and O–H groups in total. The molecule has 1 saturated carbocycles. The van der Waals surface area contributed by atoms with E-state index in [9.17, 15) is 37.5 Å². The summed E-state index contributed by atoms with van der Waals surface area (Å²) in [5.41, 5.74) is -0.845. The number of halogens is 2. The van der Waals surface area contributed by atoms with Crippen molar-refractivity contribution in [2.24, 2.45) is 23.2 Å². The maximum atomic E-state index is 14.3.